The van der Waals surface area contributed by atoms with Crippen molar-refractivity contribution in [1.29, 1.82) is 0 Å². The summed E-state index contributed by atoms with van der Waals surface area (Å²) in [6, 6.07) is 0. The number of nitrogens with two attached hydrogens (primary N) is 1. The fourth-order valence-corrected chi connectivity index (χ4v) is 2.31. The van der Waals surface area contributed by atoms with Crippen LogP contribution in [0.4, 0.5) is 0 Å². The van der Waals surface area contributed by atoms with E-state index in [0.29, 0.717) is 45.9 Å². The molecule has 0 heterocycles. The molecule has 116 valence electrons. The minimum atomic E-state index is -3.37. The van der Waals surface area contributed by atoms with Gasteiger partial charge in [-0.15, -0.1) is 0 Å². The van der Waals surface area contributed by atoms with E-state index in [9.17, 15) is 8.42 Å². The van der Waals surface area contributed by atoms with Crippen LogP contribution in [-0.2, 0) is 19.7 Å². The summed E-state index contributed by atoms with van der Waals surface area (Å²) >= 11 is 0. The zero-order valence-corrected chi connectivity index (χ0v) is 12.7. The molecule has 0 amide bonds. The molecular formula is C11H27N3O4S. The Labute approximate surface area is 116 Å². The minimum Gasteiger partial charge on any atom is -0.382 e. The Bertz CT molecular complexity index is 298. The average Bonchev–Trinajstić information content (AvgIpc) is 2.38. The predicted molar refractivity (Wildman–Crippen MR) is 75.2 cm³/mol. The summed E-state index contributed by atoms with van der Waals surface area (Å²) in [6.07, 6.45) is 2.22. The Hall–Kier alpha value is -0.250. The van der Waals surface area contributed by atoms with Gasteiger partial charge in [0.15, 0.2) is 0 Å². The highest BCUT2D eigenvalue weighted by Gasteiger charge is 2.15. The second-order valence-corrected chi connectivity index (χ2v) is 6.04. The third kappa shape index (κ3) is 10.2. The molecule has 0 aliphatic rings. The molecule has 8 heteroatoms. The van der Waals surface area contributed by atoms with Crippen LogP contribution in [0.3, 0.4) is 0 Å². The number of hydrogen-bond acceptors (Lipinski definition) is 5. The van der Waals surface area contributed by atoms with Crippen LogP contribution in [0, 0.1) is 0 Å². The van der Waals surface area contributed by atoms with Crippen LogP contribution >= 0.6 is 0 Å². The quantitative estimate of drug-likeness (QED) is 0.449. The van der Waals surface area contributed by atoms with Crippen LogP contribution in [0.15, 0.2) is 0 Å². The molecule has 0 atom stereocenters. The lowest BCUT2D eigenvalue weighted by Gasteiger charge is -2.17. The number of nitrogens with one attached hydrogen (secondary N) is 1. The maximum atomic E-state index is 11.7. The maximum Gasteiger partial charge on any atom is 0.279 e. The molecule has 0 bridgehead atoms. The molecule has 0 spiro atoms. The first-order valence-corrected chi connectivity index (χ1v) is 7.96. The lowest BCUT2D eigenvalue weighted by atomic mass is 10.3. The van der Waals surface area contributed by atoms with Crippen molar-refractivity contribution < 1.29 is 17.9 Å². The average molecular weight is 297 g/mol. The molecule has 0 radical (unpaired) electrons. The van der Waals surface area contributed by atoms with Crippen molar-refractivity contribution >= 4 is 10.2 Å². The van der Waals surface area contributed by atoms with E-state index in [1.54, 1.807) is 14.2 Å². The van der Waals surface area contributed by atoms with E-state index in [4.69, 9.17) is 15.2 Å². The molecule has 0 saturated heterocycles. The number of hydrogen-bond donors (Lipinski definition) is 2. The van der Waals surface area contributed by atoms with Crippen LogP contribution in [0.5, 0.6) is 0 Å². The maximum absolute atomic E-state index is 11.7. The zero-order chi connectivity index (χ0) is 14.6. The molecule has 0 aliphatic heterocycles. The van der Waals surface area contributed by atoms with Gasteiger partial charge in [-0.3, -0.25) is 0 Å². The van der Waals surface area contributed by atoms with Crippen molar-refractivity contribution in [3.63, 3.8) is 0 Å². The highest BCUT2D eigenvalue weighted by atomic mass is 32.2. The van der Waals surface area contributed by atoms with Gasteiger partial charge >= 0.3 is 0 Å². The SMILES string of the molecule is COCCOCCCCNS(=O)(=O)N(C)CCCN. The van der Waals surface area contributed by atoms with Crippen molar-refractivity contribution in [3.05, 3.63) is 0 Å². The number of nitrogens with zero attached hydrogens (tertiary/aromatic N) is 1. The monoisotopic (exact) mass is 297 g/mol. The van der Waals surface area contributed by atoms with Gasteiger partial charge in [0.1, 0.15) is 0 Å². The van der Waals surface area contributed by atoms with Gasteiger partial charge in [0.25, 0.3) is 10.2 Å². The molecule has 0 saturated carbocycles. The molecule has 0 aromatic heterocycles. The fraction of sp³-hybridized carbons (Fsp3) is 1.00. The molecule has 7 nitrogen and oxygen atoms in total. The lowest BCUT2D eigenvalue weighted by Crippen LogP contribution is -2.39. The Morgan fingerprint density at radius 3 is 2.53 bits per heavy atom. The van der Waals surface area contributed by atoms with E-state index in [2.05, 4.69) is 4.72 Å². The first-order valence-electron chi connectivity index (χ1n) is 6.52. The lowest BCUT2D eigenvalue weighted by molar-refractivity contribution is 0.0689. The topological polar surface area (TPSA) is 93.9 Å². The molecule has 0 fully saturated rings. The molecule has 0 aliphatic carbocycles. The molecule has 19 heavy (non-hydrogen) atoms. The van der Waals surface area contributed by atoms with Crippen LogP contribution in [0.2, 0.25) is 0 Å². The van der Waals surface area contributed by atoms with Gasteiger partial charge in [0.2, 0.25) is 0 Å². The molecule has 0 aromatic rings. The Morgan fingerprint density at radius 1 is 1.16 bits per heavy atom. The summed E-state index contributed by atoms with van der Waals surface area (Å²) in [4.78, 5) is 0. The Kier molecular flexibility index (Phi) is 11.4. The largest absolute Gasteiger partial charge is 0.382 e. The summed E-state index contributed by atoms with van der Waals surface area (Å²) in [5, 5.41) is 0. The molecular weight excluding hydrogens is 270 g/mol. The second kappa shape index (κ2) is 11.6. The zero-order valence-electron chi connectivity index (χ0n) is 11.9. The second-order valence-electron chi connectivity index (χ2n) is 4.18. The summed E-state index contributed by atoms with van der Waals surface area (Å²) in [7, 11) is -0.195. The van der Waals surface area contributed by atoms with Gasteiger partial charge in [-0.2, -0.15) is 12.7 Å². The highest BCUT2D eigenvalue weighted by Crippen LogP contribution is 1.96. The van der Waals surface area contributed by atoms with E-state index in [0.717, 1.165) is 12.8 Å². The number of rotatable bonds is 13. The van der Waals surface area contributed by atoms with Gasteiger partial charge in [-0.05, 0) is 25.8 Å². The number of methoxy groups -OCH3 is 1. The van der Waals surface area contributed by atoms with Crippen LogP contribution in [-0.4, -0.2) is 66.3 Å². The van der Waals surface area contributed by atoms with Crippen molar-refractivity contribution in [1.82, 2.24) is 9.03 Å². The normalized spacial score (nSPS) is 12.2. The number of ether oxygens (including phenoxy) is 2. The third-order valence-electron chi connectivity index (χ3n) is 2.52. The smallest absolute Gasteiger partial charge is 0.279 e. The van der Waals surface area contributed by atoms with Crippen molar-refractivity contribution in [2.24, 2.45) is 5.73 Å². The molecule has 0 rings (SSSR count). The van der Waals surface area contributed by atoms with Crippen molar-refractivity contribution in [3.8, 4) is 0 Å². The third-order valence-corrected chi connectivity index (χ3v) is 4.09. The van der Waals surface area contributed by atoms with E-state index in [1.165, 1.54) is 4.31 Å². The standard InChI is InChI=1S/C11H27N3O4S/c1-14(8-5-6-12)19(15,16)13-7-3-4-9-18-11-10-17-2/h13H,3-12H2,1-2H3. The van der Waals surface area contributed by atoms with E-state index in [1.807, 2.05) is 0 Å². The van der Waals surface area contributed by atoms with Crippen LogP contribution in [0.1, 0.15) is 19.3 Å². The van der Waals surface area contributed by atoms with Crippen molar-refractivity contribution in [2.45, 2.75) is 19.3 Å². The molecule has 0 unspecified atom stereocenters. The summed E-state index contributed by atoms with van der Waals surface area (Å²) in [5.74, 6) is 0. The Morgan fingerprint density at radius 2 is 1.89 bits per heavy atom. The Balaban J connectivity index is 3.58. The van der Waals surface area contributed by atoms with Gasteiger partial charge in [-0.25, -0.2) is 4.72 Å². The minimum absolute atomic E-state index is 0.420. The van der Waals surface area contributed by atoms with Crippen LogP contribution < -0.4 is 10.5 Å². The summed E-state index contributed by atoms with van der Waals surface area (Å²) in [6.45, 7) is 3.12. The fourth-order valence-electron chi connectivity index (χ4n) is 1.32. The van der Waals surface area contributed by atoms with Crippen LogP contribution in [0.25, 0.3) is 0 Å². The number of unbranched alkanes of at least 4 members (excludes halogenated alkanes) is 1. The van der Waals surface area contributed by atoms with Gasteiger partial charge in [-0.1, -0.05) is 0 Å². The summed E-state index contributed by atoms with van der Waals surface area (Å²) in [5.41, 5.74) is 5.35. The molecule has 3 N–H and O–H groups in total. The predicted octanol–water partition coefficient (Wildman–Crippen LogP) is -0.455. The van der Waals surface area contributed by atoms with Gasteiger partial charge < -0.3 is 15.2 Å². The van der Waals surface area contributed by atoms with E-state index >= 15 is 0 Å². The first-order chi connectivity index (χ1) is 9.04. The summed E-state index contributed by atoms with van der Waals surface area (Å²) < 4.78 is 37.4. The van der Waals surface area contributed by atoms with Gasteiger partial charge in [0, 0.05) is 33.9 Å². The highest BCUT2D eigenvalue weighted by molar-refractivity contribution is 7.87. The van der Waals surface area contributed by atoms with E-state index < -0.39 is 10.2 Å². The van der Waals surface area contributed by atoms with Crippen molar-refractivity contribution in [2.75, 3.05) is 53.6 Å². The first kappa shape index (κ1) is 18.8. The molecule has 0 aromatic carbocycles. The van der Waals surface area contributed by atoms with Gasteiger partial charge in [0.05, 0.1) is 13.2 Å². The van der Waals surface area contributed by atoms with E-state index in [-0.39, 0.29) is 0 Å².